The molecule has 0 atom stereocenters. The predicted octanol–water partition coefficient (Wildman–Crippen LogP) is 2.06. The topological polar surface area (TPSA) is 129 Å². The molecule has 0 radical (unpaired) electrons. The van der Waals surface area contributed by atoms with E-state index in [-0.39, 0.29) is 11.4 Å². The van der Waals surface area contributed by atoms with Gasteiger partial charge in [-0.1, -0.05) is 19.3 Å². The highest BCUT2D eigenvalue weighted by Crippen LogP contribution is 2.35. The number of carboxylic acids is 1. The second-order valence-electron chi connectivity index (χ2n) is 5.00. The van der Waals surface area contributed by atoms with E-state index in [0.717, 1.165) is 19.3 Å². The molecule has 2 rings (SSSR count). The molecule has 8 nitrogen and oxygen atoms in total. The van der Waals surface area contributed by atoms with E-state index in [1.54, 1.807) is 6.07 Å². The van der Waals surface area contributed by atoms with Gasteiger partial charge in [0, 0.05) is 6.20 Å². The smallest absolute Gasteiger partial charge is 0.329 e. The van der Waals surface area contributed by atoms with Crippen molar-refractivity contribution in [1.29, 1.82) is 5.26 Å². The van der Waals surface area contributed by atoms with Crippen LogP contribution in [-0.2, 0) is 4.79 Å². The minimum atomic E-state index is -1.26. The second kappa shape index (κ2) is 5.75. The highest BCUT2D eigenvalue weighted by molar-refractivity contribution is 5.84. The Morgan fingerprint density at radius 3 is 2.67 bits per heavy atom. The number of nitro groups is 1. The summed E-state index contributed by atoms with van der Waals surface area (Å²) in [5.41, 5.74) is -1.88. The molecule has 1 aliphatic rings. The lowest BCUT2D eigenvalue weighted by Gasteiger charge is -2.34. The van der Waals surface area contributed by atoms with Gasteiger partial charge in [-0.3, -0.25) is 10.1 Å². The van der Waals surface area contributed by atoms with Crippen molar-refractivity contribution in [2.75, 3.05) is 5.32 Å². The summed E-state index contributed by atoms with van der Waals surface area (Å²) >= 11 is 0. The van der Waals surface area contributed by atoms with Gasteiger partial charge >= 0.3 is 11.7 Å². The molecule has 110 valence electrons. The van der Waals surface area contributed by atoms with Gasteiger partial charge in [-0.25, -0.2) is 9.78 Å². The van der Waals surface area contributed by atoms with E-state index in [2.05, 4.69) is 10.3 Å². The minimum absolute atomic E-state index is 0.145. The fraction of sp³-hybridized carbons (Fsp3) is 0.462. The second-order valence-corrected chi connectivity index (χ2v) is 5.00. The van der Waals surface area contributed by atoms with Crippen LogP contribution in [0, 0.1) is 21.4 Å². The SMILES string of the molecule is N#Cc1ccnc(NC2(C(=O)O)CCCCC2)c1[N+](=O)[O-]. The average molecular weight is 290 g/mol. The Hall–Kier alpha value is -2.69. The summed E-state index contributed by atoms with van der Waals surface area (Å²) in [4.78, 5) is 25.9. The molecular weight excluding hydrogens is 276 g/mol. The Bertz CT molecular complexity index is 617. The lowest BCUT2D eigenvalue weighted by atomic mass is 9.81. The summed E-state index contributed by atoms with van der Waals surface area (Å²) in [7, 11) is 0. The van der Waals surface area contributed by atoms with Crippen molar-refractivity contribution in [2.24, 2.45) is 0 Å². The molecule has 0 aliphatic heterocycles. The molecule has 1 aromatic rings. The maximum absolute atomic E-state index is 11.6. The third-order valence-electron chi connectivity index (χ3n) is 3.70. The van der Waals surface area contributed by atoms with Crippen LogP contribution in [0.1, 0.15) is 37.7 Å². The fourth-order valence-electron chi connectivity index (χ4n) is 2.59. The summed E-state index contributed by atoms with van der Waals surface area (Å²) in [5, 5.41) is 32.3. The fourth-order valence-corrected chi connectivity index (χ4v) is 2.59. The van der Waals surface area contributed by atoms with Crippen molar-refractivity contribution in [3.63, 3.8) is 0 Å². The number of nitrogens with one attached hydrogen (secondary N) is 1. The van der Waals surface area contributed by atoms with Gasteiger partial charge in [0.2, 0.25) is 5.82 Å². The Kier molecular flexibility index (Phi) is 4.03. The van der Waals surface area contributed by atoms with Gasteiger partial charge in [0.15, 0.2) is 0 Å². The van der Waals surface area contributed by atoms with Crippen molar-refractivity contribution < 1.29 is 14.8 Å². The van der Waals surface area contributed by atoms with Crippen LogP contribution >= 0.6 is 0 Å². The van der Waals surface area contributed by atoms with E-state index in [9.17, 15) is 20.0 Å². The number of hydrogen-bond acceptors (Lipinski definition) is 6. The number of carboxylic acid groups (broad SMARTS) is 1. The Labute approximate surface area is 120 Å². The summed E-state index contributed by atoms with van der Waals surface area (Å²) < 4.78 is 0. The minimum Gasteiger partial charge on any atom is -0.480 e. The maximum Gasteiger partial charge on any atom is 0.329 e. The number of hydrogen-bond donors (Lipinski definition) is 2. The summed E-state index contributed by atoms with van der Waals surface area (Å²) in [5.74, 6) is -1.22. The Balaban J connectivity index is 2.45. The molecule has 21 heavy (non-hydrogen) atoms. The lowest BCUT2D eigenvalue weighted by Crippen LogP contribution is -2.48. The van der Waals surface area contributed by atoms with Crippen LogP contribution in [0.4, 0.5) is 11.5 Å². The first-order chi connectivity index (χ1) is 10.00. The zero-order valence-corrected chi connectivity index (χ0v) is 11.2. The van der Waals surface area contributed by atoms with Gasteiger partial charge in [0.05, 0.1) is 4.92 Å². The van der Waals surface area contributed by atoms with Gasteiger partial charge in [-0.15, -0.1) is 0 Å². The molecule has 2 N–H and O–H groups in total. The summed E-state index contributed by atoms with van der Waals surface area (Å²) in [6.07, 6.45) is 4.39. The molecule has 1 heterocycles. The molecular formula is C13H14N4O4. The number of pyridine rings is 1. The molecule has 8 heteroatoms. The number of rotatable bonds is 4. The van der Waals surface area contributed by atoms with Crippen LogP contribution in [-0.4, -0.2) is 26.5 Å². The largest absolute Gasteiger partial charge is 0.480 e. The number of carbonyl (C=O) groups is 1. The maximum atomic E-state index is 11.6. The average Bonchev–Trinajstić information content (AvgIpc) is 2.47. The molecule has 0 spiro atoms. The predicted molar refractivity (Wildman–Crippen MR) is 72.7 cm³/mol. The van der Waals surface area contributed by atoms with E-state index in [1.165, 1.54) is 12.3 Å². The zero-order chi connectivity index (χ0) is 15.5. The quantitative estimate of drug-likeness (QED) is 0.641. The number of nitrogens with zero attached hydrogens (tertiary/aromatic N) is 3. The van der Waals surface area contributed by atoms with Crippen LogP contribution < -0.4 is 5.32 Å². The highest BCUT2D eigenvalue weighted by atomic mass is 16.6. The standard InChI is InChI=1S/C13H14N4O4/c14-8-9-4-7-15-11(10(9)17(20)21)16-13(12(18)19)5-2-1-3-6-13/h4,7H,1-3,5-6H2,(H,15,16)(H,18,19). The summed E-state index contributed by atoms with van der Waals surface area (Å²) in [6.45, 7) is 0. The van der Waals surface area contributed by atoms with E-state index in [1.807, 2.05) is 0 Å². The van der Waals surface area contributed by atoms with Crippen molar-refractivity contribution >= 4 is 17.5 Å². The van der Waals surface area contributed by atoms with Crippen LogP contribution in [0.25, 0.3) is 0 Å². The molecule has 0 unspecified atom stereocenters. The zero-order valence-electron chi connectivity index (χ0n) is 11.2. The van der Waals surface area contributed by atoms with E-state index in [4.69, 9.17) is 5.26 Å². The lowest BCUT2D eigenvalue weighted by molar-refractivity contribution is -0.384. The van der Waals surface area contributed by atoms with Crippen LogP contribution in [0.2, 0.25) is 0 Å². The van der Waals surface area contributed by atoms with Crippen molar-refractivity contribution in [1.82, 2.24) is 4.98 Å². The van der Waals surface area contributed by atoms with Crippen molar-refractivity contribution in [2.45, 2.75) is 37.6 Å². The van der Waals surface area contributed by atoms with Gasteiger partial charge in [-0.05, 0) is 18.9 Å². The van der Waals surface area contributed by atoms with Gasteiger partial charge < -0.3 is 10.4 Å². The molecule has 1 aliphatic carbocycles. The van der Waals surface area contributed by atoms with E-state index in [0.29, 0.717) is 12.8 Å². The van der Waals surface area contributed by atoms with Gasteiger partial charge in [0.25, 0.3) is 0 Å². The molecule has 1 aromatic heterocycles. The monoisotopic (exact) mass is 290 g/mol. The first-order valence-corrected chi connectivity index (χ1v) is 6.55. The molecule has 1 fully saturated rings. The van der Waals surface area contributed by atoms with Gasteiger partial charge in [-0.2, -0.15) is 5.26 Å². The normalized spacial score (nSPS) is 16.7. The number of nitriles is 1. The van der Waals surface area contributed by atoms with Crippen LogP contribution in [0.3, 0.4) is 0 Å². The number of aromatic nitrogens is 1. The molecule has 1 saturated carbocycles. The third kappa shape index (κ3) is 2.76. The number of anilines is 1. The summed E-state index contributed by atoms with van der Waals surface area (Å²) in [6, 6.07) is 2.96. The Morgan fingerprint density at radius 2 is 2.14 bits per heavy atom. The van der Waals surface area contributed by atoms with E-state index < -0.39 is 22.1 Å². The first kappa shape index (κ1) is 14.7. The number of aliphatic carboxylic acids is 1. The molecule has 0 bridgehead atoms. The molecule has 0 amide bonds. The van der Waals surface area contributed by atoms with Crippen molar-refractivity contribution in [3.05, 3.63) is 27.9 Å². The third-order valence-corrected chi connectivity index (χ3v) is 3.70. The molecule has 0 aromatic carbocycles. The Morgan fingerprint density at radius 1 is 1.48 bits per heavy atom. The first-order valence-electron chi connectivity index (χ1n) is 6.55. The van der Waals surface area contributed by atoms with Crippen LogP contribution in [0.15, 0.2) is 12.3 Å². The highest BCUT2D eigenvalue weighted by Gasteiger charge is 2.41. The van der Waals surface area contributed by atoms with Gasteiger partial charge in [0.1, 0.15) is 17.2 Å². The molecule has 0 saturated heterocycles. The van der Waals surface area contributed by atoms with E-state index >= 15 is 0 Å². The van der Waals surface area contributed by atoms with Crippen LogP contribution in [0.5, 0.6) is 0 Å². The van der Waals surface area contributed by atoms with Crippen molar-refractivity contribution in [3.8, 4) is 6.07 Å².